The van der Waals surface area contributed by atoms with Gasteiger partial charge in [0.15, 0.2) is 17.6 Å². The number of nitrogen functional groups attached to an aromatic ring is 1. The molecule has 13 heteroatoms. The first-order chi connectivity index (χ1) is 22.3. The molecule has 11 nitrogen and oxygen atoms in total. The molecule has 1 aliphatic heterocycles. The maximum absolute atomic E-state index is 14.1. The first-order valence-corrected chi connectivity index (χ1v) is 16.3. The minimum Gasteiger partial charge on any atom is -0.493 e. The van der Waals surface area contributed by atoms with Gasteiger partial charge in [0.1, 0.15) is 6.04 Å². The van der Waals surface area contributed by atoms with Gasteiger partial charge in [-0.3, -0.25) is 14.4 Å². The number of carbonyl (C=O) groups excluding carboxylic acids is 3. The summed E-state index contributed by atoms with van der Waals surface area (Å²) in [7, 11) is 4.42. The lowest BCUT2D eigenvalue weighted by atomic mass is 9.96. The number of hydrogen-bond acceptors (Lipinski definition) is 9. The first kappa shape index (κ1) is 35.7. The van der Waals surface area contributed by atoms with Gasteiger partial charge >= 0.3 is 0 Å². The lowest BCUT2D eigenvalue weighted by molar-refractivity contribution is -0.147. The maximum atomic E-state index is 14.1. The van der Waals surface area contributed by atoms with E-state index in [1.54, 1.807) is 24.3 Å². The van der Waals surface area contributed by atoms with Crippen LogP contribution in [0.4, 0.5) is 5.69 Å². The molecule has 252 valence electrons. The quantitative estimate of drug-likeness (QED) is 0.208. The van der Waals surface area contributed by atoms with E-state index in [1.165, 1.54) is 44.1 Å². The Labute approximate surface area is 284 Å². The predicted molar refractivity (Wildman–Crippen MR) is 183 cm³/mol. The number of halogens is 1. The molecule has 0 radical (unpaired) electrons. The normalized spacial score (nSPS) is 16.6. The van der Waals surface area contributed by atoms with Gasteiger partial charge in [-0.15, -0.1) is 11.8 Å². The van der Waals surface area contributed by atoms with Crippen LogP contribution in [0.1, 0.15) is 40.9 Å². The van der Waals surface area contributed by atoms with Crippen molar-refractivity contribution in [2.24, 2.45) is 0 Å². The summed E-state index contributed by atoms with van der Waals surface area (Å²) >= 11 is 7.77. The summed E-state index contributed by atoms with van der Waals surface area (Å²) in [5.74, 6) is -0.467. The second-order valence-electron chi connectivity index (χ2n) is 11.7. The molecule has 0 aromatic heterocycles. The Kier molecular flexibility index (Phi) is 11.5. The van der Waals surface area contributed by atoms with Gasteiger partial charge in [-0.1, -0.05) is 41.9 Å². The third-order valence-corrected chi connectivity index (χ3v) is 9.99. The molecule has 1 saturated heterocycles. The Morgan fingerprint density at radius 1 is 1.06 bits per heavy atom. The molecular weight excluding hydrogens is 644 g/mol. The van der Waals surface area contributed by atoms with E-state index in [9.17, 15) is 19.5 Å². The maximum Gasteiger partial charge on any atom is 0.254 e. The van der Waals surface area contributed by atoms with Gasteiger partial charge in [-0.2, -0.15) is 0 Å². The van der Waals surface area contributed by atoms with Crippen LogP contribution in [0.25, 0.3) is 0 Å². The summed E-state index contributed by atoms with van der Waals surface area (Å²) in [6.45, 7) is 6.01. The molecular formula is C34H41ClN4O7S. The number of nitrogens with one attached hydrogen (secondary N) is 2. The molecule has 3 aromatic rings. The molecule has 1 aliphatic rings. The number of nitrogens with two attached hydrogens (primary N) is 1. The van der Waals surface area contributed by atoms with Crippen molar-refractivity contribution in [3.63, 3.8) is 0 Å². The summed E-state index contributed by atoms with van der Waals surface area (Å²) in [5.41, 5.74) is 8.76. The molecule has 0 aliphatic carbocycles. The molecule has 3 atom stereocenters. The van der Waals surface area contributed by atoms with E-state index in [0.29, 0.717) is 22.8 Å². The summed E-state index contributed by atoms with van der Waals surface area (Å²) in [4.78, 5) is 42.6. The molecule has 5 N–H and O–H groups in total. The largest absolute Gasteiger partial charge is 0.493 e. The van der Waals surface area contributed by atoms with E-state index < -0.39 is 34.7 Å². The Balaban J connectivity index is 1.65. The smallest absolute Gasteiger partial charge is 0.254 e. The number of anilines is 1. The number of aryl methyl sites for hydroxylation is 1. The number of aliphatic hydroxyl groups excluding tert-OH is 1. The van der Waals surface area contributed by atoms with Crippen LogP contribution in [-0.2, 0) is 22.6 Å². The van der Waals surface area contributed by atoms with E-state index in [4.69, 9.17) is 31.5 Å². The van der Waals surface area contributed by atoms with Crippen LogP contribution in [0.2, 0.25) is 5.02 Å². The van der Waals surface area contributed by atoms with Gasteiger partial charge in [-0.05, 0) is 68.1 Å². The minimum absolute atomic E-state index is 0.0240. The molecule has 1 heterocycles. The molecule has 0 saturated carbocycles. The number of rotatable bonds is 12. The molecule has 4 rings (SSSR count). The fourth-order valence-corrected chi connectivity index (χ4v) is 6.91. The Morgan fingerprint density at radius 2 is 1.72 bits per heavy atom. The Hall–Kier alpha value is -4.13. The van der Waals surface area contributed by atoms with E-state index in [-0.39, 0.29) is 41.0 Å². The van der Waals surface area contributed by atoms with Gasteiger partial charge in [0.25, 0.3) is 11.8 Å². The zero-order chi connectivity index (χ0) is 34.5. The van der Waals surface area contributed by atoms with E-state index in [1.807, 2.05) is 45.0 Å². The summed E-state index contributed by atoms with van der Waals surface area (Å²) in [6, 6.07) is 13.6. The molecule has 0 spiro atoms. The first-order valence-electron chi connectivity index (χ1n) is 14.9. The second kappa shape index (κ2) is 15.2. The number of amides is 3. The highest BCUT2D eigenvalue weighted by atomic mass is 35.5. The van der Waals surface area contributed by atoms with Crippen LogP contribution >= 0.6 is 23.4 Å². The average Bonchev–Trinajstić information content (AvgIpc) is 3.38. The van der Waals surface area contributed by atoms with Crippen molar-refractivity contribution in [2.45, 2.75) is 56.7 Å². The number of thioether (sulfide) groups is 1. The standard InChI is InChI=1S/C34H41ClN4O7S/c1-19-10-7-8-11-21(19)17-37-32(42)30-34(2,3)47-18-39(30)33(43)28(40)24(38-31(41)22-12-9-13-23(36)27(22)35)14-20-15-25(44-4)29(46-6)26(16-20)45-5/h7-13,15-16,24,28,30,40H,14,17-18,36H2,1-6H3,(H,37,42)(H,38,41)/t24-,28-,30?/m0/s1. The number of carbonyl (C=O) groups is 3. The van der Waals surface area contributed by atoms with E-state index in [2.05, 4.69) is 10.6 Å². The van der Waals surface area contributed by atoms with E-state index >= 15 is 0 Å². The topological polar surface area (TPSA) is 152 Å². The van der Waals surface area contributed by atoms with Crippen molar-refractivity contribution in [1.82, 2.24) is 15.5 Å². The average molecular weight is 685 g/mol. The van der Waals surface area contributed by atoms with Crippen molar-refractivity contribution < 1.29 is 33.7 Å². The van der Waals surface area contributed by atoms with Gasteiger partial charge in [0.2, 0.25) is 11.7 Å². The molecule has 3 amide bonds. The lowest BCUT2D eigenvalue weighted by Crippen LogP contribution is -2.58. The van der Waals surface area contributed by atoms with E-state index in [0.717, 1.165) is 11.1 Å². The van der Waals surface area contributed by atoms with Crippen molar-refractivity contribution in [3.05, 3.63) is 81.9 Å². The van der Waals surface area contributed by atoms with Crippen molar-refractivity contribution in [1.29, 1.82) is 0 Å². The van der Waals surface area contributed by atoms with Crippen molar-refractivity contribution in [2.75, 3.05) is 32.9 Å². The highest BCUT2D eigenvalue weighted by molar-refractivity contribution is 8.00. The predicted octanol–water partition coefficient (Wildman–Crippen LogP) is 3.95. The zero-order valence-electron chi connectivity index (χ0n) is 27.3. The molecule has 3 aromatic carbocycles. The number of nitrogens with zero attached hydrogens (tertiary/aromatic N) is 1. The number of methoxy groups -OCH3 is 3. The third-order valence-electron chi connectivity index (χ3n) is 8.20. The summed E-state index contributed by atoms with van der Waals surface area (Å²) in [5, 5.41) is 17.5. The summed E-state index contributed by atoms with van der Waals surface area (Å²) < 4.78 is 15.7. The number of hydrogen-bond donors (Lipinski definition) is 4. The minimum atomic E-state index is -1.75. The van der Waals surface area contributed by atoms with Crippen LogP contribution in [0.5, 0.6) is 17.2 Å². The highest BCUT2D eigenvalue weighted by Gasteiger charge is 2.49. The zero-order valence-corrected chi connectivity index (χ0v) is 28.8. The molecule has 0 bridgehead atoms. The van der Waals surface area contributed by atoms with Crippen molar-refractivity contribution >= 4 is 46.8 Å². The summed E-state index contributed by atoms with van der Waals surface area (Å²) in [6.07, 6.45) is -1.77. The SMILES string of the molecule is COc1cc(C[C@H](NC(=O)c2cccc(N)c2Cl)[C@H](O)C(=O)N2CSC(C)(C)C2C(=O)NCc2ccccc2C)cc(OC)c1OC. The lowest BCUT2D eigenvalue weighted by Gasteiger charge is -2.33. The molecule has 1 fully saturated rings. The van der Waals surface area contributed by atoms with Crippen LogP contribution in [0.15, 0.2) is 54.6 Å². The monoisotopic (exact) mass is 684 g/mol. The molecule has 1 unspecified atom stereocenters. The van der Waals surface area contributed by atoms with Crippen LogP contribution in [0, 0.1) is 6.92 Å². The van der Waals surface area contributed by atoms with Crippen LogP contribution in [-0.4, -0.2) is 77.9 Å². The fraction of sp³-hybridized carbons (Fsp3) is 0.382. The van der Waals surface area contributed by atoms with Crippen LogP contribution < -0.4 is 30.6 Å². The highest BCUT2D eigenvalue weighted by Crippen LogP contribution is 2.41. The Morgan fingerprint density at radius 3 is 2.34 bits per heavy atom. The fourth-order valence-electron chi connectivity index (χ4n) is 5.56. The van der Waals surface area contributed by atoms with Crippen molar-refractivity contribution in [3.8, 4) is 17.2 Å². The number of ether oxygens (including phenoxy) is 3. The molecule has 47 heavy (non-hydrogen) atoms. The van der Waals surface area contributed by atoms with Gasteiger partial charge in [0, 0.05) is 11.3 Å². The number of aliphatic hydroxyl groups is 1. The van der Waals surface area contributed by atoms with Gasteiger partial charge < -0.3 is 40.6 Å². The Bertz CT molecular complexity index is 1610. The van der Waals surface area contributed by atoms with Gasteiger partial charge in [0.05, 0.1) is 49.5 Å². The number of benzene rings is 3. The third kappa shape index (κ3) is 7.89. The van der Waals surface area contributed by atoms with Gasteiger partial charge in [-0.25, -0.2) is 0 Å². The second-order valence-corrected chi connectivity index (χ2v) is 13.7. The van der Waals surface area contributed by atoms with Crippen LogP contribution in [0.3, 0.4) is 0 Å².